The maximum absolute atomic E-state index is 12.5. The van der Waals surface area contributed by atoms with Crippen LogP contribution in [0.3, 0.4) is 0 Å². The molecule has 1 aromatic heterocycles. The fourth-order valence-electron chi connectivity index (χ4n) is 2.28. The van der Waals surface area contributed by atoms with Gasteiger partial charge < -0.3 is 14.8 Å². The number of carbonyl (C=O) groups is 3. The van der Waals surface area contributed by atoms with Crippen LogP contribution in [0.15, 0.2) is 24.4 Å². The highest BCUT2D eigenvalue weighted by atomic mass is 16.5. The van der Waals surface area contributed by atoms with Crippen LogP contribution in [-0.4, -0.2) is 40.8 Å². The molecule has 2 rings (SSSR count). The quantitative estimate of drug-likeness (QED) is 0.795. The van der Waals surface area contributed by atoms with E-state index in [0.29, 0.717) is 11.3 Å². The van der Waals surface area contributed by atoms with E-state index in [1.165, 1.54) is 24.4 Å². The first-order valence-corrected chi connectivity index (χ1v) is 8.16. The third-order valence-corrected chi connectivity index (χ3v) is 3.69. The number of nitrogens with one attached hydrogen (secondary N) is 1. The van der Waals surface area contributed by atoms with Crippen LogP contribution in [0, 0.1) is 6.92 Å². The average Bonchev–Trinajstić information content (AvgIpc) is 2.94. The molecule has 0 spiro atoms. The van der Waals surface area contributed by atoms with Crippen molar-refractivity contribution in [1.82, 2.24) is 9.78 Å². The second kappa shape index (κ2) is 8.28. The number of aryl methyl sites for hydroxylation is 1. The summed E-state index contributed by atoms with van der Waals surface area (Å²) in [5.41, 5.74) is 1.67. The maximum atomic E-state index is 12.5. The summed E-state index contributed by atoms with van der Waals surface area (Å²) < 4.78 is 11.5. The second-order valence-electron chi connectivity index (χ2n) is 5.46. The van der Waals surface area contributed by atoms with Crippen LogP contribution in [0.1, 0.15) is 50.6 Å². The molecule has 0 unspecified atom stereocenters. The van der Waals surface area contributed by atoms with E-state index in [4.69, 9.17) is 9.47 Å². The monoisotopic (exact) mass is 359 g/mol. The minimum Gasteiger partial charge on any atom is -0.462 e. The van der Waals surface area contributed by atoms with Gasteiger partial charge in [0.1, 0.15) is 0 Å². The van der Waals surface area contributed by atoms with Crippen molar-refractivity contribution in [2.45, 2.75) is 20.8 Å². The molecule has 0 radical (unpaired) electrons. The maximum Gasteiger partial charge on any atom is 0.338 e. The number of carbonyl (C=O) groups excluding carboxylic acids is 3. The number of aromatic nitrogens is 2. The highest BCUT2D eigenvalue weighted by Crippen LogP contribution is 2.19. The largest absolute Gasteiger partial charge is 0.462 e. The van der Waals surface area contributed by atoms with E-state index in [-0.39, 0.29) is 30.0 Å². The van der Waals surface area contributed by atoms with Crippen molar-refractivity contribution in [2.75, 3.05) is 18.5 Å². The molecule has 0 aliphatic rings. The van der Waals surface area contributed by atoms with Gasteiger partial charge in [-0.25, -0.2) is 9.59 Å². The van der Waals surface area contributed by atoms with E-state index in [1.807, 2.05) is 0 Å². The number of amides is 1. The third-order valence-electron chi connectivity index (χ3n) is 3.69. The number of rotatable bonds is 6. The molecule has 0 atom stereocenters. The molecule has 1 amide bonds. The van der Waals surface area contributed by atoms with Crippen molar-refractivity contribution in [3.05, 3.63) is 46.8 Å². The number of hydrogen-bond donors (Lipinski definition) is 1. The Morgan fingerprint density at radius 2 is 1.58 bits per heavy atom. The number of anilines is 1. The van der Waals surface area contributed by atoms with Crippen LogP contribution in [0.25, 0.3) is 0 Å². The highest BCUT2D eigenvalue weighted by Gasteiger charge is 2.18. The van der Waals surface area contributed by atoms with Crippen molar-refractivity contribution in [1.29, 1.82) is 0 Å². The first-order chi connectivity index (χ1) is 12.4. The number of ether oxygens (including phenoxy) is 2. The third kappa shape index (κ3) is 4.27. The lowest BCUT2D eigenvalue weighted by molar-refractivity contribution is 0.0525. The number of nitrogens with zero attached hydrogens (tertiary/aromatic N) is 2. The molecule has 0 aliphatic heterocycles. The molecule has 0 aliphatic carbocycles. The molecule has 8 heteroatoms. The SMILES string of the molecule is CCOC(=O)c1cc(NC(=O)c2cnn(C)c2C)cc(C(=O)OCC)c1. The Bertz CT molecular complexity index is 805. The Morgan fingerprint density at radius 1 is 1.04 bits per heavy atom. The van der Waals surface area contributed by atoms with Gasteiger partial charge in [-0.1, -0.05) is 0 Å². The first-order valence-electron chi connectivity index (χ1n) is 8.16. The molecule has 26 heavy (non-hydrogen) atoms. The fraction of sp³-hybridized carbons (Fsp3) is 0.333. The van der Waals surface area contributed by atoms with Gasteiger partial charge in [0.25, 0.3) is 5.91 Å². The average molecular weight is 359 g/mol. The molecule has 2 aromatic rings. The minimum absolute atomic E-state index is 0.149. The molecule has 0 fully saturated rings. The summed E-state index contributed by atoms with van der Waals surface area (Å²) in [6.45, 7) is 5.51. The first kappa shape index (κ1) is 19.2. The number of benzene rings is 1. The minimum atomic E-state index is -0.591. The van der Waals surface area contributed by atoms with Crippen molar-refractivity contribution < 1.29 is 23.9 Å². The summed E-state index contributed by atoms with van der Waals surface area (Å²) >= 11 is 0. The summed E-state index contributed by atoms with van der Waals surface area (Å²) in [5.74, 6) is -1.58. The van der Waals surface area contributed by atoms with Gasteiger partial charge in [-0.3, -0.25) is 9.48 Å². The summed E-state index contributed by atoms with van der Waals surface area (Å²) in [5, 5.41) is 6.71. The van der Waals surface area contributed by atoms with Gasteiger partial charge in [-0.2, -0.15) is 5.10 Å². The zero-order chi connectivity index (χ0) is 19.3. The molecule has 1 heterocycles. The smallest absolute Gasteiger partial charge is 0.338 e. The van der Waals surface area contributed by atoms with Crippen LogP contribution in [0.2, 0.25) is 0 Å². The van der Waals surface area contributed by atoms with E-state index < -0.39 is 17.8 Å². The second-order valence-corrected chi connectivity index (χ2v) is 5.46. The molecule has 1 N–H and O–H groups in total. The van der Waals surface area contributed by atoms with Crippen LogP contribution in [-0.2, 0) is 16.5 Å². The standard InChI is InChI=1S/C18H21N3O5/c1-5-25-17(23)12-7-13(18(24)26-6-2)9-14(8-12)20-16(22)15-10-19-21(4)11(15)3/h7-10H,5-6H2,1-4H3,(H,20,22). The van der Waals surface area contributed by atoms with Crippen molar-refractivity contribution >= 4 is 23.5 Å². The Morgan fingerprint density at radius 3 is 2.00 bits per heavy atom. The molecule has 138 valence electrons. The van der Waals surface area contributed by atoms with Crippen molar-refractivity contribution in [3.63, 3.8) is 0 Å². The lowest BCUT2D eigenvalue weighted by Crippen LogP contribution is -2.15. The number of hydrogen-bond acceptors (Lipinski definition) is 6. The Hall–Kier alpha value is -3.16. The van der Waals surface area contributed by atoms with Gasteiger partial charge in [0.05, 0.1) is 36.1 Å². The molecule has 0 saturated heterocycles. The van der Waals surface area contributed by atoms with Gasteiger partial charge in [-0.05, 0) is 39.0 Å². The van der Waals surface area contributed by atoms with Crippen molar-refractivity contribution in [3.8, 4) is 0 Å². The lowest BCUT2D eigenvalue weighted by Gasteiger charge is -2.10. The van der Waals surface area contributed by atoms with Gasteiger partial charge in [0.2, 0.25) is 0 Å². The molecular formula is C18H21N3O5. The predicted octanol–water partition coefficient (Wildman–Crippen LogP) is 2.33. The molecule has 1 aromatic carbocycles. The Labute approximate surface area is 151 Å². The van der Waals surface area contributed by atoms with Crippen LogP contribution >= 0.6 is 0 Å². The Kier molecular flexibility index (Phi) is 6.11. The molecular weight excluding hydrogens is 338 g/mol. The van der Waals surface area contributed by atoms with E-state index in [9.17, 15) is 14.4 Å². The molecule has 8 nitrogen and oxygen atoms in total. The van der Waals surface area contributed by atoms with E-state index in [0.717, 1.165) is 0 Å². The van der Waals surface area contributed by atoms with Gasteiger partial charge in [0.15, 0.2) is 0 Å². The van der Waals surface area contributed by atoms with Crippen molar-refractivity contribution in [2.24, 2.45) is 7.05 Å². The summed E-state index contributed by atoms with van der Waals surface area (Å²) in [6, 6.07) is 4.27. The summed E-state index contributed by atoms with van der Waals surface area (Å²) in [4.78, 5) is 36.6. The lowest BCUT2D eigenvalue weighted by atomic mass is 10.1. The fourth-order valence-corrected chi connectivity index (χ4v) is 2.28. The number of esters is 2. The van der Waals surface area contributed by atoms with Crippen LogP contribution < -0.4 is 5.32 Å². The van der Waals surface area contributed by atoms with Crippen LogP contribution in [0.5, 0.6) is 0 Å². The summed E-state index contributed by atoms with van der Waals surface area (Å²) in [7, 11) is 1.73. The highest BCUT2D eigenvalue weighted by molar-refractivity contribution is 6.06. The molecule has 0 saturated carbocycles. The van der Waals surface area contributed by atoms with Gasteiger partial charge in [0, 0.05) is 18.4 Å². The topological polar surface area (TPSA) is 99.5 Å². The van der Waals surface area contributed by atoms with Gasteiger partial charge in [-0.15, -0.1) is 0 Å². The Balaban J connectivity index is 2.36. The molecule has 0 bridgehead atoms. The normalized spacial score (nSPS) is 10.3. The van der Waals surface area contributed by atoms with E-state index in [1.54, 1.807) is 32.5 Å². The van der Waals surface area contributed by atoms with Crippen LogP contribution in [0.4, 0.5) is 5.69 Å². The zero-order valence-corrected chi connectivity index (χ0v) is 15.2. The summed E-state index contributed by atoms with van der Waals surface area (Å²) in [6.07, 6.45) is 1.45. The predicted molar refractivity (Wildman–Crippen MR) is 94.3 cm³/mol. The zero-order valence-electron chi connectivity index (χ0n) is 15.2. The van der Waals surface area contributed by atoms with E-state index in [2.05, 4.69) is 10.4 Å². The van der Waals surface area contributed by atoms with E-state index >= 15 is 0 Å². The van der Waals surface area contributed by atoms with Gasteiger partial charge >= 0.3 is 11.9 Å².